The zero-order valence-electron chi connectivity index (χ0n) is 9.52. The number of carbonyl (C=O) groups excluding carboxylic acids is 1. The van der Waals surface area contributed by atoms with Crippen LogP contribution in [0, 0.1) is 0 Å². The molecule has 0 amide bonds. The maximum atomic E-state index is 13.0. The number of aliphatic hydroxyl groups is 1. The van der Waals surface area contributed by atoms with Gasteiger partial charge in [0.25, 0.3) is 5.60 Å². The molecule has 1 N–H and O–H groups in total. The SMILES string of the molecule is C=C(C(=O)OC)C(O)(c1ncnn1C)C(F)(F)F. The Bertz CT molecular complexity index is 483. The molecule has 1 rings (SSSR count). The molecule has 1 atom stereocenters. The van der Waals surface area contributed by atoms with E-state index in [1.165, 1.54) is 0 Å². The molecule has 18 heavy (non-hydrogen) atoms. The van der Waals surface area contributed by atoms with Crippen LogP contribution in [0.25, 0.3) is 0 Å². The molecular weight excluding hydrogens is 255 g/mol. The molecule has 0 radical (unpaired) electrons. The van der Waals surface area contributed by atoms with Crippen LogP contribution < -0.4 is 0 Å². The Kier molecular flexibility index (Phi) is 3.47. The number of carbonyl (C=O) groups is 1. The van der Waals surface area contributed by atoms with Crippen LogP contribution in [0.3, 0.4) is 0 Å². The van der Waals surface area contributed by atoms with Crippen LogP contribution in [0.4, 0.5) is 13.2 Å². The second-order valence-electron chi connectivity index (χ2n) is 3.39. The van der Waals surface area contributed by atoms with Crippen molar-refractivity contribution in [3.8, 4) is 0 Å². The molecule has 0 aliphatic carbocycles. The van der Waals surface area contributed by atoms with Crippen LogP contribution >= 0.6 is 0 Å². The maximum absolute atomic E-state index is 13.0. The van der Waals surface area contributed by atoms with Gasteiger partial charge in [-0.05, 0) is 0 Å². The van der Waals surface area contributed by atoms with E-state index in [0.717, 1.165) is 20.5 Å². The lowest BCUT2D eigenvalue weighted by atomic mass is 9.93. The summed E-state index contributed by atoms with van der Waals surface area (Å²) in [5, 5.41) is 13.2. The minimum Gasteiger partial charge on any atom is -0.466 e. The van der Waals surface area contributed by atoms with Gasteiger partial charge >= 0.3 is 12.1 Å². The monoisotopic (exact) mass is 265 g/mol. The Labute approximate surface area is 99.7 Å². The fourth-order valence-corrected chi connectivity index (χ4v) is 1.33. The maximum Gasteiger partial charge on any atom is 0.429 e. The van der Waals surface area contributed by atoms with Gasteiger partial charge in [-0.15, -0.1) is 0 Å². The molecule has 1 unspecified atom stereocenters. The molecule has 0 saturated carbocycles. The van der Waals surface area contributed by atoms with E-state index in [2.05, 4.69) is 21.4 Å². The van der Waals surface area contributed by atoms with Crippen molar-refractivity contribution in [3.63, 3.8) is 0 Å². The van der Waals surface area contributed by atoms with Gasteiger partial charge in [0, 0.05) is 7.05 Å². The third-order valence-electron chi connectivity index (χ3n) is 2.31. The molecule has 1 aromatic heterocycles. The van der Waals surface area contributed by atoms with Crippen molar-refractivity contribution in [1.29, 1.82) is 0 Å². The molecule has 0 aliphatic rings. The molecule has 0 bridgehead atoms. The fourth-order valence-electron chi connectivity index (χ4n) is 1.33. The summed E-state index contributed by atoms with van der Waals surface area (Å²) in [5.74, 6) is -2.26. The van der Waals surface area contributed by atoms with Gasteiger partial charge in [-0.2, -0.15) is 18.3 Å². The smallest absolute Gasteiger partial charge is 0.429 e. The van der Waals surface area contributed by atoms with Crippen molar-refractivity contribution in [2.75, 3.05) is 7.11 Å². The summed E-state index contributed by atoms with van der Waals surface area (Å²) in [6.45, 7) is 2.94. The Morgan fingerprint density at radius 1 is 1.56 bits per heavy atom. The highest BCUT2D eigenvalue weighted by molar-refractivity contribution is 5.90. The number of hydrogen-bond donors (Lipinski definition) is 1. The van der Waals surface area contributed by atoms with Crippen LogP contribution in [0.5, 0.6) is 0 Å². The number of esters is 1. The molecule has 0 aliphatic heterocycles. The first-order valence-electron chi connectivity index (χ1n) is 4.57. The standard InChI is InChI=1S/C9H10F3N3O3/c1-5(6(16)18-3)8(17,9(10,11)12)7-13-4-14-15(7)2/h4,17H,1H2,2-3H3. The van der Waals surface area contributed by atoms with E-state index >= 15 is 0 Å². The van der Waals surface area contributed by atoms with E-state index in [-0.39, 0.29) is 0 Å². The average molecular weight is 265 g/mol. The fraction of sp³-hybridized carbons (Fsp3) is 0.444. The van der Waals surface area contributed by atoms with Crippen molar-refractivity contribution in [3.05, 3.63) is 24.3 Å². The van der Waals surface area contributed by atoms with Crippen molar-refractivity contribution in [2.24, 2.45) is 7.05 Å². The van der Waals surface area contributed by atoms with Crippen molar-refractivity contribution >= 4 is 5.97 Å². The zero-order valence-corrected chi connectivity index (χ0v) is 9.52. The summed E-state index contributed by atoms with van der Waals surface area (Å²) < 4.78 is 43.8. The third-order valence-corrected chi connectivity index (χ3v) is 2.31. The van der Waals surface area contributed by atoms with Crippen LogP contribution in [0.2, 0.25) is 0 Å². The second-order valence-corrected chi connectivity index (χ2v) is 3.39. The minimum absolute atomic E-state index is 0.696. The Balaban J connectivity index is 3.43. The number of hydrogen-bond acceptors (Lipinski definition) is 5. The molecular formula is C9H10F3N3O3. The topological polar surface area (TPSA) is 77.2 Å². The first-order valence-corrected chi connectivity index (χ1v) is 4.57. The second kappa shape index (κ2) is 4.41. The van der Waals surface area contributed by atoms with Gasteiger partial charge in [-0.25, -0.2) is 14.5 Å². The molecule has 6 nitrogen and oxygen atoms in total. The number of aromatic nitrogens is 3. The molecule has 9 heteroatoms. The normalized spacial score (nSPS) is 15.0. The van der Waals surface area contributed by atoms with E-state index in [4.69, 9.17) is 0 Å². The quantitative estimate of drug-likeness (QED) is 0.628. The number of aryl methyl sites for hydroxylation is 1. The van der Waals surface area contributed by atoms with Gasteiger partial charge in [-0.3, -0.25) is 0 Å². The predicted octanol–water partition coefficient (Wildman–Crippen LogP) is 0.294. The predicted molar refractivity (Wildman–Crippen MR) is 52.1 cm³/mol. The lowest BCUT2D eigenvalue weighted by Gasteiger charge is -2.29. The summed E-state index contributed by atoms with van der Waals surface area (Å²) in [5.41, 5.74) is -4.83. The van der Waals surface area contributed by atoms with E-state index in [1.54, 1.807) is 0 Å². The largest absolute Gasteiger partial charge is 0.466 e. The van der Waals surface area contributed by atoms with Gasteiger partial charge in [0.1, 0.15) is 6.33 Å². The van der Waals surface area contributed by atoms with Crippen molar-refractivity contribution in [1.82, 2.24) is 14.8 Å². The van der Waals surface area contributed by atoms with Crippen LogP contribution in [0.1, 0.15) is 5.82 Å². The highest BCUT2D eigenvalue weighted by Gasteiger charge is 2.61. The molecule has 0 saturated heterocycles. The van der Waals surface area contributed by atoms with Crippen molar-refractivity contribution in [2.45, 2.75) is 11.8 Å². The number of methoxy groups -OCH3 is 1. The third kappa shape index (κ3) is 1.96. The summed E-state index contributed by atoms with van der Waals surface area (Å²) >= 11 is 0. The lowest BCUT2D eigenvalue weighted by Crippen LogP contribution is -2.48. The molecule has 100 valence electrons. The summed E-state index contributed by atoms with van der Waals surface area (Å²) in [6, 6.07) is 0. The molecule has 0 fully saturated rings. The van der Waals surface area contributed by atoms with Gasteiger partial charge < -0.3 is 9.84 Å². The number of alkyl halides is 3. The number of ether oxygens (including phenoxy) is 1. The first kappa shape index (κ1) is 14.2. The Morgan fingerprint density at radius 2 is 2.11 bits per heavy atom. The average Bonchev–Trinajstić information content (AvgIpc) is 2.71. The Morgan fingerprint density at radius 3 is 2.44 bits per heavy atom. The van der Waals surface area contributed by atoms with E-state index in [0.29, 0.717) is 4.68 Å². The summed E-state index contributed by atoms with van der Waals surface area (Å²) in [4.78, 5) is 14.5. The van der Waals surface area contributed by atoms with Gasteiger partial charge in [-0.1, -0.05) is 6.58 Å². The van der Waals surface area contributed by atoms with E-state index in [1.807, 2.05) is 0 Å². The molecule has 1 aromatic rings. The zero-order chi connectivity index (χ0) is 14.1. The van der Waals surface area contributed by atoms with Gasteiger partial charge in [0.15, 0.2) is 5.82 Å². The highest BCUT2D eigenvalue weighted by Crippen LogP contribution is 2.42. The first-order chi connectivity index (χ1) is 8.16. The molecule has 0 aromatic carbocycles. The minimum atomic E-state index is -5.20. The van der Waals surface area contributed by atoms with E-state index in [9.17, 15) is 23.1 Å². The number of halogens is 3. The highest BCUT2D eigenvalue weighted by atomic mass is 19.4. The summed E-state index contributed by atoms with van der Waals surface area (Å²) in [6.07, 6.45) is -4.38. The number of rotatable bonds is 3. The van der Waals surface area contributed by atoms with E-state index < -0.39 is 29.1 Å². The van der Waals surface area contributed by atoms with Gasteiger partial charge in [0.05, 0.1) is 12.7 Å². The number of nitrogens with zero attached hydrogens (tertiary/aromatic N) is 3. The van der Waals surface area contributed by atoms with Crippen molar-refractivity contribution < 1.29 is 27.8 Å². The van der Waals surface area contributed by atoms with Crippen LogP contribution in [-0.2, 0) is 22.2 Å². The lowest BCUT2D eigenvalue weighted by molar-refractivity contribution is -0.254. The van der Waals surface area contributed by atoms with Crippen LogP contribution in [-0.4, -0.2) is 39.1 Å². The summed E-state index contributed by atoms with van der Waals surface area (Å²) in [7, 11) is 2.02. The Hall–Kier alpha value is -1.90. The van der Waals surface area contributed by atoms with Crippen LogP contribution in [0.15, 0.2) is 18.5 Å². The van der Waals surface area contributed by atoms with Gasteiger partial charge in [0.2, 0.25) is 0 Å². The molecule has 1 heterocycles. The molecule has 0 spiro atoms.